The van der Waals surface area contributed by atoms with Crippen LogP contribution in [0.1, 0.15) is 12.5 Å². The van der Waals surface area contributed by atoms with Gasteiger partial charge in [-0.2, -0.15) is 0 Å². The van der Waals surface area contributed by atoms with Gasteiger partial charge in [0.05, 0.1) is 10.6 Å². The Morgan fingerprint density at radius 1 is 1.00 bits per heavy atom. The van der Waals surface area contributed by atoms with E-state index in [2.05, 4.69) is 9.71 Å². The first-order valence-electron chi connectivity index (χ1n) is 6.81. The van der Waals surface area contributed by atoms with Crippen LogP contribution in [-0.4, -0.2) is 21.2 Å². The van der Waals surface area contributed by atoms with E-state index < -0.39 is 10.0 Å². The van der Waals surface area contributed by atoms with E-state index in [-0.39, 0.29) is 4.90 Å². The van der Waals surface area contributed by atoms with Gasteiger partial charge in [0.25, 0.3) is 10.0 Å². The molecule has 2 aromatic carbocycles. The van der Waals surface area contributed by atoms with E-state index in [4.69, 9.17) is 0 Å². The predicted octanol–water partition coefficient (Wildman–Crippen LogP) is 2.99. The van der Waals surface area contributed by atoms with Crippen LogP contribution in [-0.2, 0) is 10.0 Å². The van der Waals surface area contributed by atoms with Gasteiger partial charge in [-0.1, -0.05) is 48.5 Å². The summed E-state index contributed by atoms with van der Waals surface area (Å²) in [5, 5.41) is 0. The van der Waals surface area contributed by atoms with Gasteiger partial charge in [-0.05, 0) is 30.7 Å². The van der Waals surface area contributed by atoms with Gasteiger partial charge in [-0.15, -0.1) is 0 Å². The molecule has 0 spiro atoms. The Bertz CT molecular complexity index is 780. The third-order valence-electron chi connectivity index (χ3n) is 3.01. The van der Waals surface area contributed by atoms with Crippen LogP contribution in [0.5, 0.6) is 0 Å². The lowest BCUT2D eigenvalue weighted by atomic mass is 10.1. The summed E-state index contributed by atoms with van der Waals surface area (Å²) in [6.45, 7) is 1.70. The van der Waals surface area contributed by atoms with Crippen molar-refractivity contribution in [2.75, 3.05) is 7.05 Å². The maximum absolute atomic E-state index is 12.3. The molecule has 0 radical (unpaired) electrons. The highest BCUT2D eigenvalue weighted by Gasteiger charge is 2.13. The van der Waals surface area contributed by atoms with E-state index in [1.165, 1.54) is 0 Å². The fraction of sp³-hybridized carbons (Fsp3) is 0.118. The number of rotatable bonds is 5. The topological polar surface area (TPSA) is 58.5 Å². The smallest absolute Gasteiger partial charge is 0.261 e. The van der Waals surface area contributed by atoms with Crippen LogP contribution in [0, 0.1) is 0 Å². The SMILES string of the molecule is CN=C(/C=C(/C)NS(=O)(=O)c1ccccc1)c1ccccc1. The van der Waals surface area contributed by atoms with Gasteiger partial charge in [-0.3, -0.25) is 9.71 Å². The van der Waals surface area contributed by atoms with Gasteiger partial charge >= 0.3 is 0 Å². The minimum absolute atomic E-state index is 0.234. The average molecular weight is 314 g/mol. The molecule has 0 saturated carbocycles. The first-order valence-corrected chi connectivity index (χ1v) is 8.29. The summed E-state index contributed by atoms with van der Waals surface area (Å²) in [6, 6.07) is 17.9. The highest BCUT2D eigenvalue weighted by Crippen LogP contribution is 2.10. The van der Waals surface area contributed by atoms with Crippen LogP contribution >= 0.6 is 0 Å². The molecular weight excluding hydrogens is 296 g/mol. The van der Waals surface area contributed by atoms with Crippen molar-refractivity contribution < 1.29 is 8.42 Å². The van der Waals surface area contributed by atoms with E-state index in [1.807, 2.05) is 30.3 Å². The Labute approximate surface area is 131 Å². The summed E-state index contributed by atoms with van der Waals surface area (Å²) in [6.07, 6.45) is 1.72. The van der Waals surface area contributed by atoms with E-state index >= 15 is 0 Å². The molecule has 1 N–H and O–H groups in total. The number of benzene rings is 2. The molecule has 0 saturated heterocycles. The quantitative estimate of drug-likeness (QED) is 0.863. The number of sulfonamides is 1. The second kappa shape index (κ2) is 7.04. The molecule has 0 fully saturated rings. The summed E-state index contributed by atoms with van der Waals surface area (Å²) in [7, 11) is -1.89. The summed E-state index contributed by atoms with van der Waals surface area (Å²) >= 11 is 0. The Balaban J connectivity index is 2.23. The zero-order valence-electron chi connectivity index (χ0n) is 12.5. The number of hydrogen-bond acceptors (Lipinski definition) is 3. The van der Waals surface area contributed by atoms with Crippen LogP contribution < -0.4 is 4.72 Å². The largest absolute Gasteiger partial charge is 0.288 e. The monoisotopic (exact) mass is 314 g/mol. The zero-order chi connectivity index (χ0) is 16.0. The number of nitrogens with zero attached hydrogens (tertiary/aromatic N) is 1. The molecule has 22 heavy (non-hydrogen) atoms. The normalized spacial score (nSPS) is 13.0. The predicted molar refractivity (Wildman–Crippen MR) is 89.4 cm³/mol. The fourth-order valence-electron chi connectivity index (χ4n) is 1.99. The molecule has 114 valence electrons. The highest BCUT2D eigenvalue weighted by molar-refractivity contribution is 7.89. The molecule has 2 aromatic rings. The van der Waals surface area contributed by atoms with E-state index in [1.54, 1.807) is 50.4 Å². The Morgan fingerprint density at radius 3 is 2.09 bits per heavy atom. The Hall–Kier alpha value is -2.40. The van der Waals surface area contributed by atoms with Crippen LogP contribution in [0.2, 0.25) is 0 Å². The molecule has 2 rings (SSSR count). The van der Waals surface area contributed by atoms with Crippen LogP contribution in [0.4, 0.5) is 0 Å². The summed E-state index contributed by atoms with van der Waals surface area (Å²) < 4.78 is 27.1. The molecule has 0 atom stereocenters. The van der Waals surface area contributed by atoms with Gasteiger partial charge in [0, 0.05) is 12.7 Å². The molecular formula is C17H18N2O2S. The van der Waals surface area contributed by atoms with Crippen molar-refractivity contribution in [2.45, 2.75) is 11.8 Å². The second-order valence-corrected chi connectivity index (χ2v) is 6.40. The molecule has 0 aliphatic rings. The van der Waals surface area contributed by atoms with Crippen molar-refractivity contribution in [2.24, 2.45) is 4.99 Å². The first-order chi connectivity index (χ1) is 10.5. The van der Waals surface area contributed by atoms with Crippen molar-refractivity contribution in [3.63, 3.8) is 0 Å². The summed E-state index contributed by atoms with van der Waals surface area (Å²) in [4.78, 5) is 4.44. The van der Waals surface area contributed by atoms with E-state index in [0.29, 0.717) is 11.4 Å². The van der Waals surface area contributed by atoms with Crippen molar-refractivity contribution in [1.82, 2.24) is 4.72 Å². The summed E-state index contributed by atoms with van der Waals surface area (Å²) in [5.41, 5.74) is 2.16. The molecule has 0 aromatic heterocycles. The number of aliphatic imine (C=N–C) groups is 1. The zero-order valence-corrected chi connectivity index (χ0v) is 13.3. The van der Waals surface area contributed by atoms with Gasteiger partial charge in [0.1, 0.15) is 0 Å². The number of hydrogen-bond donors (Lipinski definition) is 1. The van der Waals surface area contributed by atoms with Gasteiger partial charge < -0.3 is 0 Å². The van der Waals surface area contributed by atoms with Crippen LogP contribution in [0.25, 0.3) is 0 Å². The lowest BCUT2D eigenvalue weighted by Crippen LogP contribution is -2.22. The minimum atomic E-state index is -3.57. The van der Waals surface area contributed by atoms with Crippen molar-refractivity contribution in [1.29, 1.82) is 0 Å². The van der Waals surface area contributed by atoms with Crippen LogP contribution in [0.15, 0.2) is 82.3 Å². The maximum atomic E-state index is 12.3. The van der Waals surface area contributed by atoms with Gasteiger partial charge in [0.15, 0.2) is 0 Å². The highest BCUT2D eigenvalue weighted by atomic mass is 32.2. The molecule has 5 heteroatoms. The summed E-state index contributed by atoms with van der Waals surface area (Å²) in [5.74, 6) is 0. The Morgan fingerprint density at radius 2 is 1.55 bits per heavy atom. The van der Waals surface area contributed by atoms with E-state index in [0.717, 1.165) is 5.56 Å². The minimum Gasteiger partial charge on any atom is -0.288 e. The molecule has 0 aliphatic heterocycles. The molecule has 0 amide bonds. The van der Waals surface area contributed by atoms with Crippen molar-refractivity contribution in [3.05, 3.63) is 78.0 Å². The lowest BCUT2D eigenvalue weighted by molar-refractivity contribution is 0.588. The second-order valence-electron chi connectivity index (χ2n) is 4.72. The van der Waals surface area contributed by atoms with E-state index in [9.17, 15) is 8.42 Å². The molecule has 4 nitrogen and oxygen atoms in total. The first kappa shape index (κ1) is 16.0. The number of allylic oxidation sites excluding steroid dienone is 2. The maximum Gasteiger partial charge on any atom is 0.261 e. The van der Waals surface area contributed by atoms with Gasteiger partial charge in [-0.25, -0.2) is 8.42 Å². The standard InChI is InChI=1S/C17H18N2O2S/c1-14(13-17(18-2)15-9-5-3-6-10-15)19-22(20,21)16-11-7-4-8-12-16/h3-13,19H,1-2H3/b14-13-,18-17?. The average Bonchev–Trinajstić information content (AvgIpc) is 2.54. The molecule has 0 bridgehead atoms. The van der Waals surface area contributed by atoms with Gasteiger partial charge in [0.2, 0.25) is 0 Å². The Kier molecular flexibility index (Phi) is 5.12. The number of nitrogens with one attached hydrogen (secondary N) is 1. The molecule has 0 heterocycles. The van der Waals surface area contributed by atoms with Crippen molar-refractivity contribution >= 4 is 15.7 Å². The molecule has 0 unspecified atom stereocenters. The van der Waals surface area contributed by atoms with Crippen LogP contribution in [0.3, 0.4) is 0 Å². The lowest BCUT2D eigenvalue weighted by Gasteiger charge is -2.09. The third kappa shape index (κ3) is 4.05. The molecule has 0 aliphatic carbocycles. The fourth-order valence-corrected chi connectivity index (χ4v) is 3.11. The third-order valence-corrected chi connectivity index (χ3v) is 4.50. The van der Waals surface area contributed by atoms with Crippen molar-refractivity contribution in [3.8, 4) is 0 Å².